The van der Waals surface area contributed by atoms with Crippen molar-refractivity contribution in [1.82, 2.24) is 20.2 Å². The molecule has 6 heteroatoms. The summed E-state index contributed by atoms with van der Waals surface area (Å²) in [6.07, 6.45) is 4.17. The molecule has 0 unspecified atom stereocenters. The van der Waals surface area contributed by atoms with Crippen molar-refractivity contribution in [3.8, 4) is 0 Å². The van der Waals surface area contributed by atoms with E-state index >= 15 is 0 Å². The monoisotopic (exact) mass is 328 g/mol. The van der Waals surface area contributed by atoms with Gasteiger partial charge in [-0.25, -0.2) is 9.78 Å². The van der Waals surface area contributed by atoms with Crippen molar-refractivity contribution in [2.45, 2.75) is 31.7 Å². The van der Waals surface area contributed by atoms with E-state index in [1.54, 1.807) is 0 Å². The predicted octanol–water partition coefficient (Wildman–Crippen LogP) is 2.32. The van der Waals surface area contributed by atoms with E-state index < -0.39 is 0 Å². The molecule has 0 spiro atoms. The number of carbonyl (C=O) groups is 1. The number of amides is 2. The minimum atomic E-state index is 0.0554. The number of urea groups is 1. The Morgan fingerprint density at radius 3 is 3.08 bits per heavy atom. The van der Waals surface area contributed by atoms with Crippen LogP contribution in [0.1, 0.15) is 25.1 Å². The first-order chi connectivity index (χ1) is 11.8. The average molecular weight is 328 g/mol. The molecule has 24 heavy (non-hydrogen) atoms. The molecule has 1 atom stereocenters. The molecule has 128 valence electrons. The fourth-order valence-corrected chi connectivity index (χ4v) is 3.42. The number of fused-ring (bicyclic) bond motifs is 1. The topological polar surface area (TPSA) is 70.2 Å². The number of imidazole rings is 1. The number of hydrogen-bond donors (Lipinski definition) is 2. The third-order valence-corrected chi connectivity index (χ3v) is 4.90. The highest BCUT2D eigenvalue weighted by Gasteiger charge is 2.39. The van der Waals surface area contributed by atoms with Gasteiger partial charge >= 0.3 is 6.03 Å². The van der Waals surface area contributed by atoms with E-state index in [9.17, 15) is 4.79 Å². The number of rotatable bonds is 5. The number of nitrogens with one attached hydrogen (secondary N) is 2. The number of hydrogen-bond acceptors (Lipinski definition) is 3. The van der Waals surface area contributed by atoms with E-state index in [-0.39, 0.29) is 12.1 Å². The van der Waals surface area contributed by atoms with E-state index in [1.807, 2.05) is 29.2 Å². The standard InChI is InChI=1S/C18H24N4O2/c23-18(22-10-11-24-12-16(22)13-7-8-13)19-9-3-6-17-20-14-4-1-2-5-15(14)21-17/h1-2,4-5,13,16H,3,6-12H2,(H,19,23)(H,20,21)/t16-/m1/s1. The van der Waals surface area contributed by atoms with E-state index in [0.717, 1.165) is 29.7 Å². The molecule has 1 aromatic heterocycles. The molecular weight excluding hydrogens is 304 g/mol. The first-order valence-corrected chi connectivity index (χ1v) is 8.87. The van der Waals surface area contributed by atoms with Crippen LogP contribution in [0.4, 0.5) is 4.79 Å². The van der Waals surface area contributed by atoms with E-state index in [0.29, 0.717) is 32.2 Å². The molecule has 2 fully saturated rings. The highest BCUT2D eigenvalue weighted by Crippen LogP contribution is 2.36. The minimum absolute atomic E-state index is 0.0554. The summed E-state index contributed by atoms with van der Waals surface area (Å²) in [6.45, 7) is 2.72. The number of nitrogens with zero attached hydrogens (tertiary/aromatic N) is 2. The summed E-state index contributed by atoms with van der Waals surface area (Å²) >= 11 is 0. The zero-order valence-electron chi connectivity index (χ0n) is 13.8. The van der Waals surface area contributed by atoms with Crippen LogP contribution in [0.2, 0.25) is 0 Å². The highest BCUT2D eigenvalue weighted by molar-refractivity contribution is 5.75. The third-order valence-electron chi connectivity index (χ3n) is 4.90. The number of para-hydroxylation sites is 2. The molecule has 2 heterocycles. The van der Waals surface area contributed by atoms with Crippen LogP contribution in [0, 0.1) is 5.92 Å². The minimum Gasteiger partial charge on any atom is -0.377 e. The molecule has 1 saturated carbocycles. The van der Waals surface area contributed by atoms with Crippen LogP contribution in [0.25, 0.3) is 11.0 Å². The largest absolute Gasteiger partial charge is 0.377 e. The Kier molecular flexibility index (Phi) is 4.38. The predicted molar refractivity (Wildman–Crippen MR) is 91.9 cm³/mol. The number of benzene rings is 1. The van der Waals surface area contributed by atoms with Gasteiger partial charge < -0.3 is 19.9 Å². The van der Waals surface area contributed by atoms with Gasteiger partial charge in [-0.3, -0.25) is 0 Å². The normalized spacial score (nSPS) is 21.2. The molecule has 6 nitrogen and oxygen atoms in total. The van der Waals surface area contributed by atoms with Crippen LogP contribution in [0.15, 0.2) is 24.3 Å². The maximum Gasteiger partial charge on any atom is 0.317 e. The number of aryl methyl sites for hydroxylation is 1. The quantitative estimate of drug-likeness (QED) is 0.828. The molecule has 1 aliphatic carbocycles. The number of carbonyl (C=O) groups excluding carboxylic acids is 1. The van der Waals surface area contributed by atoms with Crippen molar-refractivity contribution in [1.29, 1.82) is 0 Å². The number of aromatic nitrogens is 2. The summed E-state index contributed by atoms with van der Waals surface area (Å²) in [5, 5.41) is 3.06. The van der Waals surface area contributed by atoms with Gasteiger partial charge in [0.1, 0.15) is 5.82 Å². The van der Waals surface area contributed by atoms with Crippen LogP contribution in [0.5, 0.6) is 0 Å². The fourth-order valence-electron chi connectivity index (χ4n) is 3.42. The van der Waals surface area contributed by atoms with Crippen molar-refractivity contribution in [2.24, 2.45) is 5.92 Å². The van der Waals surface area contributed by atoms with Crippen LogP contribution in [0.3, 0.4) is 0 Å². The summed E-state index contributed by atoms with van der Waals surface area (Å²) in [6, 6.07) is 8.36. The lowest BCUT2D eigenvalue weighted by Gasteiger charge is -2.35. The van der Waals surface area contributed by atoms with Gasteiger partial charge in [0, 0.05) is 19.5 Å². The fraction of sp³-hybridized carbons (Fsp3) is 0.556. The van der Waals surface area contributed by atoms with Gasteiger partial charge in [0.25, 0.3) is 0 Å². The van der Waals surface area contributed by atoms with Gasteiger partial charge in [-0.15, -0.1) is 0 Å². The molecule has 1 aromatic carbocycles. The highest BCUT2D eigenvalue weighted by atomic mass is 16.5. The summed E-state index contributed by atoms with van der Waals surface area (Å²) in [5.41, 5.74) is 2.06. The van der Waals surface area contributed by atoms with E-state index in [4.69, 9.17) is 4.74 Å². The second-order valence-electron chi connectivity index (χ2n) is 6.71. The molecule has 2 aromatic rings. The van der Waals surface area contributed by atoms with Gasteiger partial charge in [-0.1, -0.05) is 12.1 Å². The maximum atomic E-state index is 12.4. The van der Waals surface area contributed by atoms with Crippen molar-refractivity contribution in [3.63, 3.8) is 0 Å². The Labute approximate surface area is 141 Å². The zero-order chi connectivity index (χ0) is 16.4. The first kappa shape index (κ1) is 15.4. The summed E-state index contributed by atoms with van der Waals surface area (Å²) < 4.78 is 5.54. The molecule has 1 aliphatic heterocycles. The van der Waals surface area contributed by atoms with Crippen LogP contribution >= 0.6 is 0 Å². The van der Waals surface area contributed by atoms with Crippen molar-refractivity contribution in [2.75, 3.05) is 26.3 Å². The zero-order valence-corrected chi connectivity index (χ0v) is 13.8. The molecular formula is C18H24N4O2. The average Bonchev–Trinajstić information content (AvgIpc) is 3.38. The second-order valence-corrected chi connectivity index (χ2v) is 6.71. The first-order valence-electron chi connectivity index (χ1n) is 8.87. The number of morpholine rings is 1. The van der Waals surface area contributed by atoms with E-state index in [2.05, 4.69) is 15.3 Å². The van der Waals surface area contributed by atoms with Crippen LogP contribution in [-0.2, 0) is 11.2 Å². The Morgan fingerprint density at radius 1 is 1.38 bits per heavy atom. The second kappa shape index (κ2) is 6.81. The molecule has 2 amide bonds. The summed E-state index contributed by atoms with van der Waals surface area (Å²) in [7, 11) is 0. The lowest BCUT2D eigenvalue weighted by molar-refractivity contribution is 0.00474. The van der Waals surface area contributed by atoms with Crippen molar-refractivity contribution >= 4 is 17.1 Å². The molecule has 0 radical (unpaired) electrons. The number of ether oxygens (including phenoxy) is 1. The Balaban J connectivity index is 1.25. The van der Waals surface area contributed by atoms with E-state index in [1.165, 1.54) is 12.8 Å². The van der Waals surface area contributed by atoms with Crippen molar-refractivity contribution in [3.05, 3.63) is 30.1 Å². The Hall–Kier alpha value is -2.08. The smallest absolute Gasteiger partial charge is 0.317 e. The number of H-pyrrole nitrogens is 1. The molecule has 4 rings (SSSR count). The lowest BCUT2D eigenvalue weighted by atomic mass is 10.1. The molecule has 2 N–H and O–H groups in total. The lowest BCUT2D eigenvalue weighted by Crippen LogP contribution is -2.53. The van der Waals surface area contributed by atoms with Gasteiger partial charge in [0.15, 0.2) is 0 Å². The molecule has 1 saturated heterocycles. The third kappa shape index (κ3) is 3.38. The summed E-state index contributed by atoms with van der Waals surface area (Å²) in [5.74, 6) is 1.62. The van der Waals surface area contributed by atoms with Gasteiger partial charge in [0.05, 0.1) is 30.3 Å². The maximum absolute atomic E-state index is 12.4. The molecule has 0 bridgehead atoms. The van der Waals surface area contributed by atoms with Gasteiger partial charge in [-0.2, -0.15) is 0 Å². The van der Waals surface area contributed by atoms with Crippen molar-refractivity contribution < 1.29 is 9.53 Å². The molecule has 2 aliphatic rings. The number of aromatic amines is 1. The van der Waals surface area contributed by atoms with Gasteiger partial charge in [-0.05, 0) is 37.3 Å². The Morgan fingerprint density at radius 2 is 2.25 bits per heavy atom. The van der Waals surface area contributed by atoms with Crippen LogP contribution in [-0.4, -0.2) is 53.2 Å². The summed E-state index contributed by atoms with van der Waals surface area (Å²) in [4.78, 5) is 22.3. The van der Waals surface area contributed by atoms with Gasteiger partial charge in [0.2, 0.25) is 0 Å². The van der Waals surface area contributed by atoms with Crippen LogP contribution < -0.4 is 5.32 Å². The SMILES string of the molecule is O=C(NCCCc1nc2ccccc2[nH]1)N1CCOC[C@@H]1C1CC1. The Bertz CT molecular complexity index is 677.